The molecule has 0 bridgehead atoms. The van der Waals surface area contributed by atoms with E-state index in [1.807, 2.05) is 4.57 Å². The second-order valence-corrected chi connectivity index (χ2v) is 6.00. The van der Waals surface area contributed by atoms with Crippen LogP contribution in [0.25, 0.3) is 11.4 Å². The van der Waals surface area contributed by atoms with Crippen molar-refractivity contribution in [2.45, 2.75) is 19.1 Å². The highest BCUT2D eigenvalue weighted by molar-refractivity contribution is 6.32. The van der Waals surface area contributed by atoms with Crippen molar-refractivity contribution in [2.75, 3.05) is 27.2 Å². The van der Waals surface area contributed by atoms with Crippen LogP contribution in [-0.2, 0) is 22.4 Å². The lowest BCUT2D eigenvalue weighted by molar-refractivity contribution is 0.0355. The Bertz CT molecular complexity index is 765. The van der Waals surface area contributed by atoms with E-state index in [9.17, 15) is 9.18 Å². The normalized spacial score (nSPS) is 17.0. The fourth-order valence-electron chi connectivity index (χ4n) is 2.83. The number of ether oxygens (including phenoxy) is 3. The van der Waals surface area contributed by atoms with E-state index in [-0.39, 0.29) is 6.79 Å². The minimum absolute atomic E-state index is 0.0860. The first-order valence-electron chi connectivity index (χ1n) is 7.81. The Labute approximate surface area is 149 Å². The first-order chi connectivity index (χ1) is 12.2. The van der Waals surface area contributed by atoms with E-state index in [2.05, 4.69) is 4.98 Å². The van der Waals surface area contributed by atoms with Crippen molar-refractivity contribution < 1.29 is 23.4 Å². The van der Waals surface area contributed by atoms with Gasteiger partial charge in [-0.1, -0.05) is 11.6 Å². The van der Waals surface area contributed by atoms with Crippen molar-refractivity contribution in [3.05, 3.63) is 34.6 Å². The van der Waals surface area contributed by atoms with Crippen molar-refractivity contribution in [2.24, 2.45) is 0 Å². The van der Waals surface area contributed by atoms with Gasteiger partial charge in [-0.3, -0.25) is 4.79 Å². The van der Waals surface area contributed by atoms with Crippen LogP contribution in [0.4, 0.5) is 4.39 Å². The first kappa shape index (κ1) is 17.8. The summed E-state index contributed by atoms with van der Waals surface area (Å²) in [5.41, 5.74) is 1.80. The molecule has 134 valence electrons. The largest absolute Gasteiger partial charge is 0.466 e. The zero-order chi connectivity index (χ0) is 17.8. The number of alkyl halides is 1. The maximum atomic E-state index is 13.1. The number of benzene rings is 1. The molecule has 0 aliphatic carbocycles. The quantitative estimate of drug-likeness (QED) is 0.579. The predicted octanol–water partition coefficient (Wildman–Crippen LogP) is 2.91. The molecule has 1 aromatic heterocycles. The molecule has 0 fully saturated rings. The number of imidazole rings is 1. The summed E-state index contributed by atoms with van der Waals surface area (Å²) in [7, 11) is 1.52. The molecule has 1 aliphatic heterocycles. The van der Waals surface area contributed by atoms with Crippen LogP contribution < -0.4 is 4.74 Å². The number of rotatable bonds is 6. The minimum Gasteiger partial charge on any atom is -0.466 e. The van der Waals surface area contributed by atoms with Crippen LogP contribution in [-0.4, -0.2) is 49.1 Å². The molecule has 1 aliphatic rings. The van der Waals surface area contributed by atoms with Gasteiger partial charge < -0.3 is 18.8 Å². The second-order valence-electron chi connectivity index (χ2n) is 5.59. The molecule has 0 spiro atoms. The summed E-state index contributed by atoms with van der Waals surface area (Å²) in [5, 5.41) is 0.395. The number of hydrogen-bond donors (Lipinski definition) is 0. The SMILES string of the molecule is COCOc1ccc(-c2nc(C=O)c3n2CC(CF)OCC3)cc1Cl. The van der Waals surface area contributed by atoms with Crippen molar-refractivity contribution in [3.8, 4) is 17.1 Å². The number of carbonyl (C=O) groups is 1. The Hall–Kier alpha value is -1.96. The number of carbonyl (C=O) groups excluding carboxylic acids is 1. The molecule has 0 radical (unpaired) electrons. The third-order valence-electron chi connectivity index (χ3n) is 3.99. The zero-order valence-corrected chi connectivity index (χ0v) is 14.5. The summed E-state index contributed by atoms with van der Waals surface area (Å²) in [4.78, 5) is 15.8. The van der Waals surface area contributed by atoms with E-state index >= 15 is 0 Å². The molecule has 0 saturated carbocycles. The monoisotopic (exact) mass is 368 g/mol. The summed E-state index contributed by atoms with van der Waals surface area (Å²) in [6, 6.07) is 5.20. The van der Waals surface area contributed by atoms with E-state index in [1.165, 1.54) is 7.11 Å². The van der Waals surface area contributed by atoms with Gasteiger partial charge in [0.2, 0.25) is 0 Å². The lowest BCUT2D eigenvalue weighted by Gasteiger charge is -2.14. The Kier molecular flexibility index (Phi) is 5.67. The molecule has 2 aromatic rings. The Morgan fingerprint density at radius 1 is 1.52 bits per heavy atom. The predicted molar refractivity (Wildman–Crippen MR) is 90.0 cm³/mol. The summed E-state index contributed by atoms with van der Waals surface area (Å²) >= 11 is 6.26. The molecule has 25 heavy (non-hydrogen) atoms. The number of fused-ring (bicyclic) bond motifs is 1. The standard InChI is InChI=1S/C17H18ClFN2O4/c1-23-10-25-16-3-2-11(6-13(16)18)17-20-14(9-22)15-4-5-24-12(7-19)8-21(15)17/h2-3,6,9,12H,4-5,7-8,10H2,1H3. The van der Waals surface area contributed by atoms with E-state index in [4.69, 9.17) is 25.8 Å². The summed E-state index contributed by atoms with van der Waals surface area (Å²) in [5.74, 6) is 1.04. The Morgan fingerprint density at radius 2 is 2.36 bits per heavy atom. The first-order valence-corrected chi connectivity index (χ1v) is 8.19. The van der Waals surface area contributed by atoms with Gasteiger partial charge in [-0.05, 0) is 18.2 Å². The van der Waals surface area contributed by atoms with Crippen LogP contribution in [0, 0.1) is 0 Å². The Balaban J connectivity index is 2.01. The molecular formula is C17H18ClFN2O4. The van der Waals surface area contributed by atoms with Gasteiger partial charge in [0.15, 0.2) is 13.1 Å². The third kappa shape index (κ3) is 3.68. The highest BCUT2D eigenvalue weighted by atomic mass is 35.5. The van der Waals surface area contributed by atoms with Crippen molar-refractivity contribution in [1.82, 2.24) is 9.55 Å². The number of aromatic nitrogens is 2. The lowest BCUT2D eigenvalue weighted by Crippen LogP contribution is -2.21. The molecule has 3 rings (SSSR count). The molecular weight excluding hydrogens is 351 g/mol. The van der Waals surface area contributed by atoms with Crippen LogP contribution in [0.1, 0.15) is 16.2 Å². The molecule has 1 aromatic carbocycles. The van der Waals surface area contributed by atoms with Gasteiger partial charge in [0.1, 0.15) is 30.0 Å². The van der Waals surface area contributed by atoms with Crippen molar-refractivity contribution in [1.29, 1.82) is 0 Å². The second kappa shape index (κ2) is 7.95. The van der Waals surface area contributed by atoms with Gasteiger partial charge in [-0.2, -0.15) is 0 Å². The molecule has 8 heteroatoms. The van der Waals surface area contributed by atoms with Crippen molar-refractivity contribution in [3.63, 3.8) is 0 Å². The maximum absolute atomic E-state index is 13.1. The van der Waals surface area contributed by atoms with Gasteiger partial charge >= 0.3 is 0 Å². The molecule has 1 atom stereocenters. The lowest BCUT2D eigenvalue weighted by atomic mass is 10.2. The number of nitrogens with zero attached hydrogens (tertiary/aromatic N) is 2. The zero-order valence-electron chi connectivity index (χ0n) is 13.7. The van der Waals surface area contributed by atoms with Gasteiger partial charge in [-0.25, -0.2) is 9.37 Å². The van der Waals surface area contributed by atoms with Gasteiger partial charge in [0.05, 0.1) is 23.9 Å². The maximum Gasteiger partial charge on any atom is 0.188 e. The molecule has 0 N–H and O–H groups in total. The van der Waals surface area contributed by atoms with Crippen LogP contribution in [0.15, 0.2) is 18.2 Å². The Morgan fingerprint density at radius 3 is 3.04 bits per heavy atom. The topological polar surface area (TPSA) is 62.6 Å². The average Bonchev–Trinajstić information content (AvgIpc) is 2.83. The van der Waals surface area contributed by atoms with E-state index in [0.29, 0.717) is 53.7 Å². The summed E-state index contributed by atoms with van der Waals surface area (Å²) in [6.45, 7) is 0.132. The highest BCUT2D eigenvalue weighted by Crippen LogP contribution is 2.32. The molecule has 0 saturated heterocycles. The fourth-order valence-corrected chi connectivity index (χ4v) is 3.07. The van der Waals surface area contributed by atoms with E-state index in [0.717, 1.165) is 5.69 Å². The molecule has 2 heterocycles. The summed E-state index contributed by atoms with van der Waals surface area (Å²) in [6.07, 6.45) is 0.650. The van der Waals surface area contributed by atoms with Gasteiger partial charge in [-0.15, -0.1) is 0 Å². The molecule has 6 nitrogen and oxygen atoms in total. The number of hydrogen-bond acceptors (Lipinski definition) is 5. The van der Waals surface area contributed by atoms with Crippen LogP contribution in [0.2, 0.25) is 5.02 Å². The smallest absolute Gasteiger partial charge is 0.188 e. The minimum atomic E-state index is -0.599. The molecule has 1 unspecified atom stereocenters. The number of aldehydes is 1. The van der Waals surface area contributed by atoms with E-state index in [1.54, 1.807) is 18.2 Å². The highest BCUT2D eigenvalue weighted by Gasteiger charge is 2.24. The molecule has 0 amide bonds. The number of halogens is 2. The average molecular weight is 369 g/mol. The van der Waals surface area contributed by atoms with Crippen molar-refractivity contribution >= 4 is 17.9 Å². The van der Waals surface area contributed by atoms with Gasteiger partial charge in [0, 0.05) is 19.1 Å². The van der Waals surface area contributed by atoms with E-state index < -0.39 is 12.8 Å². The third-order valence-corrected chi connectivity index (χ3v) is 4.28. The summed E-state index contributed by atoms with van der Waals surface area (Å²) < 4.78 is 30.7. The van der Waals surface area contributed by atoms with Gasteiger partial charge in [0.25, 0.3) is 0 Å². The number of methoxy groups -OCH3 is 1. The van der Waals surface area contributed by atoms with Crippen LogP contribution in [0.3, 0.4) is 0 Å². The fraction of sp³-hybridized carbons (Fsp3) is 0.412. The van der Waals surface area contributed by atoms with Crippen LogP contribution in [0.5, 0.6) is 5.75 Å². The van der Waals surface area contributed by atoms with Crippen LogP contribution >= 0.6 is 11.6 Å².